The fourth-order valence-electron chi connectivity index (χ4n) is 4.60. The summed E-state index contributed by atoms with van der Waals surface area (Å²) in [4.78, 5) is 29.6. The average Bonchev–Trinajstić information content (AvgIpc) is 3.25. The number of allylic oxidation sites excluding steroid dienone is 2. The number of fused-ring (bicyclic) bond motifs is 1. The third-order valence-corrected chi connectivity index (χ3v) is 6.62. The van der Waals surface area contributed by atoms with Crippen LogP contribution in [0.4, 0.5) is 14.6 Å². The molecule has 1 amide bonds. The van der Waals surface area contributed by atoms with Gasteiger partial charge in [0.2, 0.25) is 5.91 Å². The zero-order chi connectivity index (χ0) is 26.7. The summed E-state index contributed by atoms with van der Waals surface area (Å²) in [6, 6.07) is 3.36. The summed E-state index contributed by atoms with van der Waals surface area (Å²) in [7, 11) is 0. The Balaban J connectivity index is 1.88. The molecule has 1 fully saturated rings. The van der Waals surface area contributed by atoms with Gasteiger partial charge in [0.25, 0.3) is 0 Å². The van der Waals surface area contributed by atoms with Crippen molar-refractivity contribution < 1.29 is 13.6 Å². The van der Waals surface area contributed by atoms with Gasteiger partial charge in [-0.2, -0.15) is 0 Å². The van der Waals surface area contributed by atoms with Gasteiger partial charge < -0.3 is 14.4 Å². The number of carbonyl (C=O) groups is 1. The highest BCUT2D eigenvalue weighted by Crippen LogP contribution is 2.36. The molecule has 0 bridgehead atoms. The van der Waals surface area contributed by atoms with Crippen LogP contribution >= 0.6 is 0 Å². The molecule has 3 aromatic rings. The van der Waals surface area contributed by atoms with Crippen molar-refractivity contribution in [2.75, 3.05) is 24.5 Å². The van der Waals surface area contributed by atoms with Crippen LogP contribution in [-0.2, 0) is 4.79 Å². The summed E-state index contributed by atoms with van der Waals surface area (Å²) in [6.45, 7) is 13.6. The SMILES string of the molecule is C=C(C(C)=N/C=C\CCC)c1cn(-c2cc(F)cc(F)c2)c2ncnc(N3CCN(C(C)=O)CC3C)c12. The molecule has 1 saturated heterocycles. The Morgan fingerprint density at radius 3 is 2.57 bits per heavy atom. The predicted molar refractivity (Wildman–Crippen MR) is 144 cm³/mol. The molecule has 0 spiro atoms. The van der Waals surface area contributed by atoms with Crippen molar-refractivity contribution in [3.63, 3.8) is 0 Å². The zero-order valence-corrected chi connectivity index (χ0v) is 21.7. The third kappa shape index (κ3) is 5.45. The number of nitrogens with zero attached hydrogens (tertiary/aromatic N) is 6. The minimum absolute atomic E-state index is 0.00132. The fraction of sp³-hybridized carbons (Fsp3) is 0.357. The van der Waals surface area contributed by atoms with Gasteiger partial charge in [0.1, 0.15) is 23.8 Å². The largest absolute Gasteiger partial charge is 0.350 e. The van der Waals surface area contributed by atoms with E-state index in [2.05, 4.69) is 33.4 Å². The molecule has 1 unspecified atom stereocenters. The lowest BCUT2D eigenvalue weighted by atomic mass is 10.0. The number of hydrogen-bond donors (Lipinski definition) is 0. The molecule has 9 heteroatoms. The lowest BCUT2D eigenvalue weighted by Gasteiger charge is -2.40. The lowest BCUT2D eigenvalue weighted by Crippen LogP contribution is -2.53. The summed E-state index contributed by atoms with van der Waals surface area (Å²) < 4.78 is 30.0. The van der Waals surface area contributed by atoms with Crippen LogP contribution in [0.2, 0.25) is 0 Å². The first-order valence-corrected chi connectivity index (χ1v) is 12.4. The Kier molecular flexibility index (Phi) is 7.80. The highest BCUT2D eigenvalue weighted by atomic mass is 19.1. The molecule has 0 saturated carbocycles. The molecule has 0 radical (unpaired) electrons. The second-order valence-electron chi connectivity index (χ2n) is 9.31. The summed E-state index contributed by atoms with van der Waals surface area (Å²) in [5, 5.41) is 0.715. The van der Waals surface area contributed by atoms with Crippen molar-refractivity contribution in [1.29, 1.82) is 0 Å². The number of halogens is 2. The first kappa shape index (κ1) is 26.2. The lowest BCUT2D eigenvalue weighted by molar-refractivity contribution is -0.129. The Morgan fingerprint density at radius 1 is 1.19 bits per heavy atom. The van der Waals surface area contributed by atoms with E-state index in [9.17, 15) is 13.6 Å². The fourth-order valence-corrected chi connectivity index (χ4v) is 4.60. The first-order valence-electron chi connectivity index (χ1n) is 12.4. The van der Waals surface area contributed by atoms with Gasteiger partial charge >= 0.3 is 0 Å². The van der Waals surface area contributed by atoms with Gasteiger partial charge in [-0.25, -0.2) is 18.7 Å². The zero-order valence-electron chi connectivity index (χ0n) is 21.7. The smallest absolute Gasteiger partial charge is 0.219 e. The minimum Gasteiger partial charge on any atom is -0.350 e. The highest BCUT2D eigenvalue weighted by molar-refractivity contribution is 6.25. The second-order valence-corrected chi connectivity index (χ2v) is 9.31. The molecule has 7 nitrogen and oxygen atoms in total. The molecule has 1 aliphatic heterocycles. The van der Waals surface area contributed by atoms with Gasteiger partial charge in [0.05, 0.1) is 11.1 Å². The van der Waals surface area contributed by atoms with E-state index in [1.54, 1.807) is 23.9 Å². The first-order chi connectivity index (χ1) is 17.7. The van der Waals surface area contributed by atoms with E-state index in [0.717, 1.165) is 24.5 Å². The molecule has 0 aliphatic carbocycles. The van der Waals surface area contributed by atoms with Crippen molar-refractivity contribution in [3.8, 4) is 5.69 Å². The van der Waals surface area contributed by atoms with Gasteiger partial charge in [-0.3, -0.25) is 9.79 Å². The van der Waals surface area contributed by atoms with Crippen LogP contribution in [0, 0.1) is 11.6 Å². The summed E-state index contributed by atoms with van der Waals surface area (Å²) in [5.41, 5.74) is 2.90. The van der Waals surface area contributed by atoms with Crippen LogP contribution in [0.15, 0.2) is 54.6 Å². The van der Waals surface area contributed by atoms with Crippen LogP contribution in [0.5, 0.6) is 0 Å². The normalized spacial score (nSPS) is 16.7. The number of rotatable bonds is 7. The Morgan fingerprint density at radius 2 is 1.92 bits per heavy atom. The van der Waals surface area contributed by atoms with Gasteiger partial charge in [-0.1, -0.05) is 26.0 Å². The van der Waals surface area contributed by atoms with Crippen LogP contribution in [-0.4, -0.2) is 56.7 Å². The van der Waals surface area contributed by atoms with Crippen molar-refractivity contribution in [1.82, 2.24) is 19.4 Å². The predicted octanol–water partition coefficient (Wildman–Crippen LogP) is 5.54. The molecular weight excluding hydrogens is 474 g/mol. The number of piperazine rings is 1. The minimum atomic E-state index is -0.681. The maximum absolute atomic E-state index is 14.2. The van der Waals surface area contributed by atoms with E-state index in [0.29, 0.717) is 53.5 Å². The van der Waals surface area contributed by atoms with Crippen LogP contribution in [0.1, 0.15) is 46.1 Å². The number of carbonyl (C=O) groups excluding carboxylic acids is 1. The van der Waals surface area contributed by atoms with Crippen LogP contribution in [0.25, 0.3) is 22.3 Å². The number of anilines is 1. The Bertz CT molecular complexity index is 1370. The standard InChI is InChI=1S/C28H32F2N6O/c1-6-7-8-9-31-20(4)19(3)25-16-36(24-13-22(29)12-23(30)14-24)28-26(25)27(32-17-33-28)35-11-10-34(21(5)37)15-18(35)2/h8-9,12-14,16-18H,3,6-7,10-11,15H2,1-2,4-5H3/b9-8-,31-20?. The maximum Gasteiger partial charge on any atom is 0.219 e. The van der Waals surface area contributed by atoms with Gasteiger partial charge in [0.15, 0.2) is 5.65 Å². The number of amides is 1. The topological polar surface area (TPSA) is 66.6 Å². The van der Waals surface area contributed by atoms with Gasteiger partial charge in [0, 0.05) is 62.3 Å². The molecule has 0 N–H and O–H groups in total. The van der Waals surface area contributed by atoms with Crippen molar-refractivity contribution in [2.24, 2.45) is 4.99 Å². The molecule has 1 atom stereocenters. The highest BCUT2D eigenvalue weighted by Gasteiger charge is 2.29. The molecule has 194 valence electrons. The van der Waals surface area contributed by atoms with E-state index in [-0.39, 0.29) is 11.9 Å². The van der Waals surface area contributed by atoms with Crippen LogP contribution < -0.4 is 4.90 Å². The molecule has 1 aromatic carbocycles. The van der Waals surface area contributed by atoms with Crippen molar-refractivity contribution in [2.45, 2.75) is 46.6 Å². The quantitative estimate of drug-likeness (QED) is 0.395. The van der Waals surface area contributed by atoms with Gasteiger partial charge in [-0.15, -0.1) is 0 Å². The monoisotopic (exact) mass is 506 g/mol. The number of benzene rings is 1. The summed E-state index contributed by atoms with van der Waals surface area (Å²) >= 11 is 0. The van der Waals surface area contributed by atoms with Crippen molar-refractivity contribution >= 4 is 34.0 Å². The third-order valence-electron chi connectivity index (χ3n) is 6.62. The van der Waals surface area contributed by atoms with E-state index in [4.69, 9.17) is 0 Å². The molecule has 3 heterocycles. The summed E-state index contributed by atoms with van der Waals surface area (Å²) in [5.74, 6) is -0.643. The number of aromatic nitrogens is 3. The molecule has 4 rings (SSSR count). The molecule has 1 aliphatic rings. The molecular formula is C28H32F2N6O. The van der Waals surface area contributed by atoms with E-state index < -0.39 is 11.6 Å². The van der Waals surface area contributed by atoms with Crippen molar-refractivity contribution in [3.05, 3.63) is 66.8 Å². The molecule has 2 aromatic heterocycles. The Labute approximate surface area is 215 Å². The average molecular weight is 507 g/mol. The van der Waals surface area contributed by atoms with E-state index in [1.165, 1.54) is 18.5 Å². The number of unbranched alkanes of at least 4 members (excludes halogenated alkanes) is 1. The number of aliphatic imine (C=N–C) groups is 1. The van der Waals surface area contributed by atoms with Crippen LogP contribution in [0.3, 0.4) is 0 Å². The Hall–Kier alpha value is -3.88. The summed E-state index contributed by atoms with van der Waals surface area (Å²) in [6.07, 6.45) is 8.96. The van der Waals surface area contributed by atoms with Gasteiger partial charge in [-0.05, 0) is 38.0 Å². The van der Waals surface area contributed by atoms with E-state index >= 15 is 0 Å². The van der Waals surface area contributed by atoms with E-state index in [1.807, 2.05) is 24.8 Å². The maximum atomic E-state index is 14.2. The number of hydrogen-bond acceptors (Lipinski definition) is 5. The molecule has 37 heavy (non-hydrogen) atoms. The second kappa shape index (κ2) is 11.0.